The molecular formula is C23H27ClN2O4. The van der Waals surface area contributed by atoms with Crippen molar-refractivity contribution < 1.29 is 19.4 Å². The Hall–Kier alpha value is -2.73. The minimum absolute atomic E-state index is 0.0271. The molecule has 30 heavy (non-hydrogen) atoms. The van der Waals surface area contributed by atoms with E-state index in [2.05, 4.69) is 0 Å². The van der Waals surface area contributed by atoms with E-state index in [0.717, 1.165) is 5.75 Å². The highest BCUT2D eigenvalue weighted by Crippen LogP contribution is 2.35. The lowest BCUT2D eigenvalue weighted by Crippen LogP contribution is -2.44. The maximum absolute atomic E-state index is 13.3. The van der Waals surface area contributed by atoms with Crippen LogP contribution < -0.4 is 10.5 Å². The number of hydrogen-bond donors (Lipinski definition) is 2. The second-order valence-corrected chi connectivity index (χ2v) is 8.36. The first-order chi connectivity index (χ1) is 14.3. The van der Waals surface area contributed by atoms with Gasteiger partial charge >= 0.3 is 0 Å². The zero-order valence-corrected chi connectivity index (χ0v) is 17.9. The molecule has 0 bridgehead atoms. The average molecular weight is 431 g/mol. The summed E-state index contributed by atoms with van der Waals surface area (Å²) in [5, 5.41) is 11.2. The number of carbonyl (C=O) groups excluding carboxylic acids is 2. The number of rotatable bonds is 6. The molecule has 160 valence electrons. The smallest absolute Gasteiger partial charge is 0.252 e. The Balaban J connectivity index is 1.70. The molecule has 1 aliphatic rings. The van der Waals surface area contributed by atoms with Crippen LogP contribution in [0.4, 0.5) is 0 Å². The molecule has 3 N–H and O–H groups in total. The molecule has 2 aromatic rings. The van der Waals surface area contributed by atoms with Crippen molar-refractivity contribution in [3.8, 4) is 11.5 Å². The number of benzene rings is 2. The van der Waals surface area contributed by atoms with Gasteiger partial charge in [-0.1, -0.05) is 37.6 Å². The van der Waals surface area contributed by atoms with Crippen LogP contribution in [0.5, 0.6) is 11.5 Å². The first kappa shape index (κ1) is 22.0. The quantitative estimate of drug-likeness (QED) is 0.725. The molecule has 1 saturated heterocycles. The van der Waals surface area contributed by atoms with E-state index in [4.69, 9.17) is 22.1 Å². The minimum atomic E-state index is -0.718. The molecule has 0 aliphatic carbocycles. The summed E-state index contributed by atoms with van der Waals surface area (Å²) < 4.78 is 6.00. The van der Waals surface area contributed by atoms with Gasteiger partial charge in [0.1, 0.15) is 17.6 Å². The second kappa shape index (κ2) is 9.39. The summed E-state index contributed by atoms with van der Waals surface area (Å²) in [6.07, 6.45) is 1.46. The van der Waals surface area contributed by atoms with Crippen molar-refractivity contribution >= 4 is 23.4 Å². The summed E-state index contributed by atoms with van der Waals surface area (Å²) in [5.74, 6) is -0.848. The Labute approximate surface area is 181 Å². The number of aromatic hydroxyl groups is 1. The standard InChI is InChI=1S/C23H27ClN2O4/c1-14(2)20(18-4-3-5-19(21(18)27)22(25)28)23(29)26-12-10-17(11-13-26)30-16-8-6-15(24)7-9-16/h3-9,14,17,20,27H,10-13H2,1-2H3,(H2,25,28)/t20-/m0/s1. The van der Waals surface area contributed by atoms with Gasteiger partial charge in [-0.2, -0.15) is 0 Å². The molecular weight excluding hydrogens is 404 g/mol. The first-order valence-corrected chi connectivity index (χ1v) is 10.5. The predicted molar refractivity (Wildman–Crippen MR) is 116 cm³/mol. The molecule has 0 radical (unpaired) electrons. The number of nitrogens with two attached hydrogens (primary N) is 1. The number of piperidine rings is 1. The van der Waals surface area contributed by atoms with Gasteiger partial charge in [0, 0.05) is 36.5 Å². The predicted octanol–water partition coefficient (Wildman–Crippen LogP) is 3.95. The van der Waals surface area contributed by atoms with Gasteiger partial charge in [0.15, 0.2) is 0 Å². The fraction of sp³-hybridized carbons (Fsp3) is 0.391. The van der Waals surface area contributed by atoms with Gasteiger partial charge in [-0.25, -0.2) is 0 Å². The number of phenols is 1. The maximum Gasteiger partial charge on any atom is 0.252 e. The van der Waals surface area contributed by atoms with Crippen LogP contribution in [-0.4, -0.2) is 41.0 Å². The van der Waals surface area contributed by atoms with Crippen molar-refractivity contribution in [1.82, 2.24) is 4.90 Å². The third-order valence-electron chi connectivity index (χ3n) is 5.47. The van der Waals surface area contributed by atoms with E-state index in [0.29, 0.717) is 36.5 Å². The van der Waals surface area contributed by atoms with Gasteiger partial charge in [0.25, 0.3) is 5.91 Å². The highest BCUT2D eigenvalue weighted by Gasteiger charge is 2.34. The van der Waals surface area contributed by atoms with Gasteiger partial charge < -0.3 is 20.5 Å². The normalized spacial score (nSPS) is 15.8. The lowest BCUT2D eigenvalue weighted by atomic mass is 9.85. The number of primary amides is 1. The van der Waals surface area contributed by atoms with Gasteiger partial charge in [-0.05, 0) is 36.2 Å². The molecule has 0 spiro atoms. The van der Waals surface area contributed by atoms with Crippen molar-refractivity contribution in [3.05, 3.63) is 58.6 Å². The molecule has 0 unspecified atom stereocenters. The van der Waals surface area contributed by atoms with Gasteiger partial charge in [0.2, 0.25) is 5.91 Å². The number of para-hydroxylation sites is 1. The molecule has 6 nitrogen and oxygen atoms in total. The average Bonchev–Trinajstić information content (AvgIpc) is 2.71. The van der Waals surface area contributed by atoms with Crippen molar-refractivity contribution in [3.63, 3.8) is 0 Å². The summed E-state index contributed by atoms with van der Waals surface area (Å²) in [7, 11) is 0. The summed E-state index contributed by atoms with van der Waals surface area (Å²) in [6.45, 7) is 4.98. The molecule has 0 saturated carbocycles. The highest BCUT2D eigenvalue weighted by molar-refractivity contribution is 6.30. The Morgan fingerprint density at radius 3 is 2.33 bits per heavy atom. The molecule has 0 aromatic heterocycles. The minimum Gasteiger partial charge on any atom is -0.507 e. The number of carbonyl (C=O) groups is 2. The Kier molecular flexibility index (Phi) is 6.87. The number of ether oxygens (including phenoxy) is 1. The van der Waals surface area contributed by atoms with Gasteiger partial charge in [0.05, 0.1) is 11.5 Å². The van der Waals surface area contributed by atoms with Crippen molar-refractivity contribution in [2.45, 2.75) is 38.7 Å². The highest BCUT2D eigenvalue weighted by atomic mass is 35.5. The van der Waals surface area contributed by atoms with Crippen LogP contribution in [0.15, 0.2) is 42.5 Å². The number of nitrogens with zero attached hydrogens (tertiary/aromatic N) is 1. The van der Waals surface area contributed by atoms with Crippen LogP contribution in [0, 0.1) is 5.92 Å². The third kappa shape index (κ3) is 4.87. The van der Waals surface area contributed by atoms with Crippen LogP contribution in [-0.2, 0) is 4.79 Å². The largest absolute Gasteiger partial charge is 0.507 e. The maximum atomic E-state index is 13.3. The number of hydrogen-bond acceptors (Lipinski definition) is 4. The molecule has 2 aromatic carbocycles. The fourth-order valence-electron chi connectivity index (χ4n) is 3.88. The number of amides is 2. The van der Waals surface area contributed by atoms with Gasteiger partial charge in [-0.15, -0.1) is 0 Å². The Morgan fingerprint density at radius 2 is 1.77 bits per heavy atom. The van der Waals surface area contributed by atoms with Crippen LogP contribution in [0.3, 0.4) is 0 Å². The lowest BCUT2D eigenvalue weighted by Gasteiger charge is -2.35. The van der Waals surface area contributed by atoms with E-state index in [9.17, 15) is 14.7 Å². The van der Waals surface area contributed by atoms with E-state index >= 15 is 0 Å². The van der Waals surface area contributed by atoms with Gasteiger partial charge in [-0.3, -0.25) is 9.59 Å². The van der Waals surface area contributed by atoms with E-state index in [1.165, 1.54) is 6.07 Å². The van der Waals surface area contributed by atoms with Crippen LogP contribution in [0.1, 0.15) is 48.5 Å². The zero-order chi connectivity index (χ0) is 21.8. The summed E-state index contributed by atoms with van der Waals surface area (Å²) >= 11 is 5.91. The SMILES string of the molecule is CC(C)[C@H](C(=O)N1CCC(Oc2ccc(Cl)cc2)CC1)c1cccc(C(N)=O)c1O. The summed E-state index contributed by atoms with van der Waals surface area (Å²) in [4.78, 5) is 26.7. The topological polar surface area (TPSA) is 92.9 Å². The first-order valence-electron chi connectivity index (χ1n) is 10.1. The molecule has 1 heterocycles. The van der Waals surface area contributed by atoms with E-state index < -0.39 is 11.8 Å². The molecule has 3 rings (SSSR count). The molecule has 1 fully saturated rings. The zero-order valence-electron chi connectivity index (χ0n) is 17.2. The number of likely N-dealkylation sites (tertiary alicyclic amines) is 1. The van der Waals surface area contributed by atoms with Crippen molar-refractivity contribution in [2.75, 3.05) is 13.1 Å². The van der Waals surface area contributed by atoms with Crippen molar-refractivity contribution in [1.29, 1.82) is 0 Å². The Morgan fingerprint density at radius 1 is 1.13 bits per heavy atom. The number of halogens is 1. The monoisotopic (exact) mass is 430 g/mol. The lowest BCUT2D eigenvalue weighted by molar-refractivity contribution is -0.135. The molecule has 2 amide bonds. The van der Waals surface area contributed by atoms with Crippen LogP contribution >= 0.6 is 11.6 Å². The summed E-state index contributed by atoms with van der Waals surface area (Å²) in [6, 6.07) is 12.0. The third-order valence-corrected chi connectivity index (χ3v) is 5.72. The van der Waals surface area contributed by atoms with E-state index in [1.807, 2.05) is 30.9 Å². The summed E-state index contributed by atoms with van der Waals surface area (Å²) in [5.41, 5.74) is 5.81. The fourth-order valence-corrected chi connectivity index (χ4v) is 4.01. The second-order valence-electron chi connectivity index (χ2n) is 7.93. The van der Waals surface area contributed by atoms with Crippen LogP contribution in [0.2, 0.25) is 5.02 Å². The van der Waals surface area contributed by atoms with Crippen molar-refractivity contribution in [2.24, 2.45) is 11.7 Å². The van der Waals surface area contributed by atoms with Crippen LogP contribution in [0.25, 0.3) is 0 Å². The molecule has 7 heteroatoms. The molecule has 1 aliphatic heterocycles. The van der Waals surface area contributed by atoms with E-state index in [1.54, 1.807) is 24.3 Å². The Bertz CT molecular complexity index is 906. The molecule has 1 atom stereocenters. The van der Waals surface area contributed by atoms with E-state index in [-0.39, 0.29) is 29.2 Å².